The van der Waals surface area contributed by atoms with Crippen molar-refractivity contribution in [2.45, 2.75) is 23.8 Å². The molecule has 2 rings (SSSR count). The average molecular weight is 331 g/mol. The molecule has 0 spiro atoms. The number of hydrogen-bond acceptors (Lipinski definition) is 5. The van der Waals surface area contributed by atoms with Crippen LogP contribution in [0.25, 0.3) is 0 Å². The number of rotatable bonds is 4. The summed E-state index contributed by atoms with van der Waals surface area (Å²) >= 11 is 0. The van der Waals surface area contributed by atoms with Gasteiger partial charge in [-0.3, -0.25) is 4.79 Å². The number of benzene rings is 1. The lowest BCUT2D eigenvalue weighted by Gasteiger charge is -2.21. The number of nitrogens with zero attached hydrogens (tertiary/aromatic N) is 1. The third-order valence-electron chi connectivity index (χ3n) is 3.39. The molecular formula is C13H14FNO6S. The van der Waals surface area contributed by atoms with Crippen molar-refractivity contribution in [3.63, 3.8) is 0 Å². The summed E-state index contributed by atoms with van der Waals surface area (Å²) in [5.41, 5.74) is -0.257. The lowest BCUT2D eigenvalue weighted by molar-refractivity contribution is -0.140. The van der Waals surface area contributed by atoms with E-state index in [1.165, 1.54) is 0 Å². The quantitative estimate of drug-likeness (QED) is 0.821. The highest BCUT2D eigenvalue weighted by Crippen LogP contribution is 2.27. The Morgan fingerprint density at radius 2 is 2.05 bits per heavy atom. The summed E-state index contributed by atoms with van der Waals surface area (Å²) in [5.74, 6) is -3.06. The molecule has 7 nitrogen and oxygen atoms in total. The first-order chi connectivity index (χ1) is 10.3. The average Bonchev–Trinajstić information content (AvgIpc) is 2.96. The van der Waals surface area contributed by atoms with Crippen LogP contribution in [0.4, 0.5) is 4.39 Å². The molecule has 22 heavy (non-hydrogen) atoms. The second-order valence-corrected chi connectivity index (χ2v) is 6.67. The van der Waals surface area contributed by atoms with E-state index in [1.54, 1.807) is 0 Å². The lowest BCUT2D eigenvalue weighted by atomic mass is 10.2. The van der Waals surface area contributed by atoms with E-state index >= 15 is 0 Å². The van der Waals surface area contributed by atoms with Crippen molar-refractivity contribution in [3.8, 4) is 0 Å². The fourth-order valence-electron chi connectivity index (χ4n) is 2.36. The highest BCUT2D eigenvalue weighted by atomic mass is 32.2. The second kappa shape index (κ2) is 6.01. The van der Waals surface area contributed by atoms with Crippen molar-refractivity contribution >= 4 is 22.0 Å². The van der Waals surface area contributed by atoms with Gasteiger partial charge in [0.25, 0.3) is 0 Å². The first kappa shape index (κ1) is 16.4. The summed E-state index contributed by atoms with van der Waals surface area (Å²) < 4.78 is 43.9. The van der Waals surface area contributed by atoms with Gasteiger partial charge in [0, 0.05) is 6.54 Å². The molecule has 120 valence electrons. The molecule has 1 atom stereocenters. The predicted octanol–water partition coefficient (Wildman–Crippen LogP) is 0.850. The van der Waals surface area contributed by atoms with E-state index in [-0.39, 0.29) is 18.5 Å². The van der Waals surface area contributed by atoms with E-state index in [9.17, 15) is 22.4 Å². The summed E-state index contributed by atoms with van der Waals surface area (Å²) in [4.78, 5) is 22.1. The van der Waals surface area contributed by atoms with Crippen molar-refractivity contribution in [1.29, 1.82) is 0 Å². The van der Waals surface area contributed by atoms with Crippen LogP contribution in [0, 0.1) is 5.82 Å². The van der Waals surface area contributed by atoms with Crippen LogP contribution in [0.2, 0.25) is 0 Å². The van der Waals surface area contributed by atoms with Gasteiger partial charge in [0.2, 0.25) is 10.0 Å². The van der Waals surface area contributed by atoms with Gasteiger partial charge < -0.3 is 9.84 Å². The van der Waals surface area contributed by atoms with E-state index in [0.29, 0.717) is 6.42 Å². The van der Waals surface area contributed by atoms with Gasteiger partial charge in [-0.1, -0.05) is 0 Å². The van der Waals surface area contributed by atoms with E-state index in [4.69, 9.17) is 5.11 Å². The molecule has 1 heterocycles. The summed E-state index contributed by atoms with van der Waals surface area (Å²) in [6.45, 7) is 0.0311. The third kappa shape index (κ3) is 2.95. The van der Waals surface area contributed by atoms with Crippen molar-refractivity contribution in [2.24, 2.45) is 0 Å². The zero-order chi connectivity index (χ0) is 16.5. The number of methoxy groups -OCH3 is 1. The van der Waals surface area contributed by atoms with Gasteiger partial charge >= 0.3 is 11.9 Å². The highest BCUT2D eigenvalue weighted by Gasteiger charge is 2.39. The van der Waals surface area contributed by atoms with E-state index in [2.05, 4.69) is 4.74 Å². The Balaban J connectivity index is 2.48. The molecule has 1 saturated heterocycles. The van der Waals surface area contributed by atoms with Crippen LogP contribution < -0.4 is 0 Å². The molecule has 1 aliphatic rings. The SMILES string of the molecule is COC(=O)c1cc(F)cc(S(=O)(=O)N2CCC[C@@H]2C(=O)O)c1. The summed E-state index contributed by atoms with van der Waals surface area (Å²) in [7, 11) is -3.13. The molecule has 0 saturated carbocycles. The summed E-state index contributed by atoms with van der Waals surface area (Å²) in [6, 6.07) is 1.39. The van der Waals surface area contributed by atoms with Crippen molar-refractivity contribution < 1.29 is 32.2 Å². The van der Waals surface area contributed by atoms with Gasteiger partial charge in [-0.05, 0) is 31.0 Å². The first-order valence-corrected chi connectivity index (χ1v) is 7.85. The van der Waals surface area contributed by atoms with Gasteiger partial charge in [0.05, 0.1) is 17.6 Å². The number of sulfonamides is 1. The number of aliphatic carboxylic acids is 1. The Kier molecular flexibility index (Phi) is 4.47. The molecule has 1 fully saturated rings. The molecule has 0 aromatic heterocycles. The van der Waals surface area contributed by atoms with Gasteiger partial charge in [-0.2, -0.15) is 4.31 Å². The molecule has 1 N–H and O–H groups in total. The van der Waals surface area contributed by atoms with E-state index < -0.39 is 38.7 Å². The van der Waals surface area contributed by atoms with Gasteiger partial charge in [-0.25, -0.2) is 17.6 Å². The zero-order valence-corrected chi connectivity index (χ0v) is 12.5. The molecule has 1 aromatic carbocycles. The molecule has 0 unspecified atom stereocenters. The number of halogens is 1. The molecular weight excluding hydrogens is 317 g/mol. The maximum Gasteiger partial charge on any atom is 0.337 e. The topological polar surface area (TPSA) is 101 Å². The third-order valence-corrected chi connectivity index (χ3v) is 5.27. The maximum atomic E-state index is 13.6. The minimum atomic E-state index is -4.21. The molecule has 0 bridgehead atoms. The maximum absolute atomic E-state index is 13.6. The van der Waals surface area contributed by atoms with Crippen LogP contribution in [0.1, 0.15) is 23.2 Å². The van der Waals surface area contributed by atoms with E-state index in [0.717, 1.165) is 29.6 Å². The minimum absolute atomic E-state index is 0.0311. The first-order valence-electron chi connectivity index (χ1n) is 6.41. The highest BCUT2D eigenvalue weighted by molar-refractivity contribution is 7.89. The number of hydrogen-bond donors (Lipinski definition) is 1. The van der Waals surface area contributed by atoms with Crippen LogP contribution in [0.3, 0.4) is 0 Å². The van der Waals surface area contributed by atoms with Crippen molar-refractivity contribution in [3.05, 3.63) is 29.6 Å². The normalized spacial score (nSPS) is 19.1. The minimum Gasteiger partial charge on any atom is -0.480 e. The standard InChI is InChI=1S/C13H14FNO6S/c1-21-13(18)8-5-9(14)7-10(6-8)22(19,20)15-4-2-3-11(15)12(16)17/h5-7,11H,2-4H2,1H3,(H,16,17)/t11-/m1/s1. The van der Waals surface area contributed by atoms with Crippen LogP contribution >= 0.6 is 0 Å². The Hall–Kier alpha value is -2.00. The fraction of sp³-hybridized carbons (Fsp3) is 0.385. The van der Waals surface area contributed by atoms with Crippen LogP contribution in [-0.4, -0.2) is 49.5 Å². The lowest BCUT2D eigenvalue weighted by Crippen LogP contribution is -2.40. The molecule has 0 aliphatic carbocycles. The summed E-state index contributed by atoms with van der Waals surface area (Å²) in [5, 5.41) is 9.08. The smallest absolute Gasteiger partial charge is 0.337 e. The monoisotopic (exact) mass is 331 g/mol. The van der Waals surface area contributed by atoms with Gasteiger partial charge in [0.1, 0.15) is 11.9 Å². The Bertz CT molecular complexity index is 717. The molecule has 1 aromatic rings. The Morgan fingerprint density at radius 1 is 1.36 bits per heavy atom. The van der Waals surface area contributed by atoms with E-state index in [1.807, 2.05) is 0 Å². The van der Waals surface area contributed by atoms with Gasteiger partial charge in [0.15, 0.2) is 0 Å². The number of esters is 1. The van der Waals surface area contributed by atoms with Crippen LogP contribution in [0.5, 0.6) is 0 Å². The molecule has 0 amide bonds. The summed E-state index contributed by atoms with van der Waals surface area (Å²) in [6.07, 6.45) is 0.586. The second-order valence-electron chi connectivity index (χ2n) is 4.78. The number of carbonyl (C=O) groups is 2. The van der Waals surface area contributed by atoms with Crippen molar-refractivity contribution in [2.75, 3.05) is 13.7 Å². The number of carboxylic acid groups (broad SMARTS) is 1. The number of carbonyl (C=O) groups excluding carboxylic acids is 1. The fourth-order valence-corrected chi connectivity index (χ4v) is 4.07. The molecule has 0 radical (unpaired) electrons. The predicted molar refractivity (Wildman–Crippen MR) is 72.3 cm³/mol. The molecule has 1 aliphatic heterocycles. The Morgan fingerprint density at radius 3 is 2.64 bits per heavy atom. The van der Waals surface area contributed by atoms with Gasteiger partial charge in [-0.15, -0.1) is 0 Å². The number of carboxylic acids is 1. The largest absolute Gasteiger partial charge is 0.480 e. The van der Waals surface area contributed by atoms with Crippen LogP contribution in [0.15, 0.2) is 23.1 Å². The van der Waals surface area contributed by atoms with Crippen LogP contribution in [-0.2, 0) is 19.6 Å². The van der Waals surface area contributed by atoms with Crippen molar-refractivity contribution in [1.82, 2.24) is 4.31 Å². The Labute approximate surface area is 126 Å². The zero-order valence-electron chi connectivity index (χ0n) is 11.7. The number of ether oxygens (including phenoxy) is 1. The molecule has 9 heteroatoms.